The van der Waals surface area contributed by atoms with Gasteiger partial charge in [0.25, 0.3) is 0 Å². The predicted octanol–water partition coefficient (Wildman–Crippen LogP) is 19.3. The molecule has 0 aromatic heterocycles. The Morgan fingerprint density at radius 3 is 0.762 bits per heavy atom. The minimum absolute atomic E-state index is 0.335. The highest BCUT2D eigenvalue weighted by molar-refractivity contribution is 6.45. The number of hydrogen-bond donors (Lipinski definition) is 0. The van der Waals surface area contributed by atoms with Crippen LogP contribution in [0.3, 0.4) is 0 Å². The van der Waals surface area contributed by atoms with E-state index >= 15 is 0 Å². The first-order valence-corrected chi connectivity index (χ1v) is 30.1. The monoisotopic (exact) mass is 1060 g/mol. The van der Waals surface area contributed by atoms with Crippen LogP contribution in [0.5, 0.6) is 0 Å². The van der Waals surface area contributed by atoms with Gasteiger partial charge in [0.2, 0.25) is 0 Å². The minimum Gasteiger partial charge on any atom is -0.0910 e. The van der Waals surface area contributed by atoms with Crippen molar-refractivity contribution in [2.24, 2.45) is 0 Å². The SMILES string of the molecule is C[B]C1c2ccccc2-c2ccccc21.[B](C1C=CC=C1)C1c2ccccc2-c2ccccc21.[B](C1C=Cc2ccccc21)C1c2ccccc2-c2ccccc21.[B](C1c2ccccc2-c2ccccc21)C1c2ccccc2-c2ccccc21. The Labute approximate surface area is 499 Å². The van der Waals surface area contributed by atoms with Crippen molar-refractivity contribution in [1.29, 1.82) is 0 Å². The molecule has 11 aromatic rings. The number of hydrogen-bond acceptors (Lipinski definition) is 0. The highest BCUT2D eigenvalue weighted by atomic mass is 14.3. The van der Waals surface area contributed by atoms with Crippen LogP contribution in [0.4, 0.5) is 0 Å². The largest absolute Gasteiger partial charge is 0.141 e. The summed E-state index contributed by atoms with van der Waals surface area (Å²) in [6.07, 6.45) is 13.4. The average molecular weight is 1060 g/mol. The van der Waals surface area contributed by atoms with E-state index in [1.165, 1.54) is 122 Å². The van der Waals surface area contributed by atoms with Crippen molar-refractivity contribution in [3.05, 3.63) is 364 Å². The highest BCUT2D eigenvalue weighted by Crippen LogP contribution is 2.52. The fourth-order valence-electron chi connectivity index (χ4n) is 14.8. The first kappa shape index (κ1) is 51.8. The zero-order chi connectivity index (χ0) is 55.9. The fourth-order valence-corrected chi connectivity index (χ4v) is 14.8. The second-order valence-electron chi connectivity index (χ2n) is 23.0. The first-order chi connectivity index (χ1) is 41.7. The van der Waals surface area contributed by atoms with Gasteiger partial charge < -0.3 is 0 Å². The van der Waals surface area contributed by atoms with Crippen molar-refractivity contribution in [2.45, 2.75) is 47.5 Å². The summed E-state index contributed by atoms with van der Waals surface area (Å²) < 4.78 is 0. The molecule has 0 N–H and O–H groups in total. The zero-order valence-corrected chi connectivity index (χ0v) is 47.2. The van der Waals surface area contributed by atoms with Crippen molar-refractivity contribution in [3.63, 3.8) is 0 Å². The van der Waals surface area contributed by atoms with Crippen LogP contribution in [-0.2, 0) is 0 Å². The highest BCUT2D eigenvalue weighted by Gasteiger charge is 2.37. The van der Waals surface area contributed by atoms with E-state index in [0.29, 0.717) is 40.7 Å². The summed E-state index contributed by atoms with van der Waals surface area (Å²) in [4.78, 5) is 0. The maximum atomic E-state index is 2.56. The molecule has 0 aliphatic heterocycles. The molecule has 4 radical (unpaired) electrons. The molecule has 18 rings (SSSR count). The number of allylic oxidation sites excluding steroid dienone is 5. The second-order valence-corrected chi connectivity index (χ2v) is 23.0. The third kappa shape index (κ3) is 9.25. The molecule has 0 fully saturated rings. The summed E-state index contributed by atoms with van der Waals surface area (Å²) in [6, 6.07) is 96.8. The van der Waals surface area contributed by atoms with E-state index in [0.717, 1.165) is 0 Å². The number of rotatable bonds is 7. The molecule has 1 unspecified atom stereocenters. The Morgan fingerprint density at radius 1 is 0.226 bits per heavy atom. The van der Waals surface area contributed by atoms with Crippen LogP contribution >= 0.6 is 0 Å². The van der Waals surface area contributed by atoms with Crippen molar-refractivity contribution in [1.82, 2.24) is 0 Å². The van der Waals surface area contributed by atoms with Gasteiger partial charge in [-0.1, -0.05) is 310 Å². The molecule has 11 aromatic carbocycles. The molecule has 7 aliphatic carbocycles. The van der Waals surface area contributed by atoms with Crippen LogP contribution in [0, 0.1) is 0 Å². The topological polar surface area (TPSA) is 0 Å². The molecule has 84 heavy (non-hydrogen) atoms. The smallest absolute Gasteiger partial charge is 0.0910 e. The average Bonchev–Trinajstić information content (AvgIpc) is 4.61. The van der Waals surface area contributed by atoms with E-state index < -0.39 is 0 Å². The van der Waals surface area contributed by atoms with E-state index in [9.17, 15) is 0 Å². The van der Waals surface area contributed by atoms with Crippen molar-refractivity contribution in [3.8, 4) is 55.6 Å². The van der Waals surface area contributed by atoms with Crippen molar-refractivity contribution < 1.29 is 0 Å². The van der Waals surface area contributed by atoms with Crippen LogP contribution in [0.25, 0.3) is 61.7 Å². The third-order valence-electron chi connectivity index (χ3n) is 18.6. The molecule has 0 spiro atoms. The summed E-state index contributed by atoms with van der Waals surface area (Å²) in [5.41, 5.74) is 31.0. The van der Waals surface area contributed by atoms with Crippen LogP contribution in [-0.4, -0.2) is 29.1 Å². The van der Waals surface area contributed by atoms with Gasteiger partial charge in [0, 0.05) is 0 Å². The lowest BCUT2D eigenvalue weighted by Gasteiger charge is -2.19. The lowest BCUT2D eigenvalue weighted by Crippen LogP contribution is -2.16. The van der Waals surface area contributed by atoms with Gasteiger partial charge in [-0.15, -0.1) is 0 Å². The second kappa shape index (κ2) is 22.6. The maximum Gasteiger partial charge on any atom is 0.141 e. The molecule has 0 saturated heterocycles. The minimum atomic E-state index is 0.335. The van der Waals surface area contributed by atoms with E-state index in [1.807, 2.05) is 0 Å². The molecule has 0 nitrogen and oxygen atoms in total. The van der Waals surface area contributed by atoms with Crippen LogP contribution < -0.4 is 0 Å². The quantitative estimate of drug-likeness (QED) is 0.140. The Hall–Kier alpha value is -9.10. The molecule has 0 heterocycles. The van der Waals surface area contributed by atoms with Gasteiger partial charge in [-0.05, 0) is 163 Å². The van der Waals surface area contributed by atoms with Gasteiger partial charge in [-0.25, -0.2) is 0 Å². The molecule has 4 heteroatoms. The molecule has 0 amide bonds. The molecule has 1 atom stereocenters. The number of fused-ring (bicyclic) bond motifs is 16. The van der Waals surface area contributed by atoms with Crippen molar-refractivity contribution >= 4 is 35.2 Å². The Kier molecular flexibility index (Phi) is 13.9. The van der Waals surface area contributed by atoms with Gasteiger partial charge >= 0.3 is 0 Å². The summed E-state index contributed by atoms with van der Waals surface area (Å²) >= 11 is 0. The van der Waals surface area contributed by atoms with E-state index in [1.54, 1.807) is 0 Å². The molecule has 392 valence electrons. The lowest BCUT2D eigenvalue weighted by molar-refractivity contribution is 1.09. The normalized spacial score (nSPS) is 15.6. The van der Waals surface area contributed by atoms with E-state index in [2.05, 4.69) is 339 Å². The Bertz CT molecular complexity index is 4040. The summed E-state index contributed by atoms with van der Waals surface area (Å²) in [7, 11) is 9.80. The van der Waals surface area contributed by atoms with Gasteiger partial charge in [0.05, 0.1) is 0 Å². The van der Waals surface area contributed by atoms with Crippen LogP contribution in [0.15, 0.2) is 297 Å². The zero-order valence-electron chi connectivity index (χ0n) is 47.2. The van der Waals surface area contributed by atoms with E-state index in [-0.39, 0.29) is 0 Å². The third-order valence-corrected chi connectivity index (χ3v) is 18.6. The summed E-state index contributed by atoms with van der Waals surface area (Å²) in [5.74, 6) is 2.81. The summed E-state index contributed by atoms with van der Waals surface area (Å²) in [6.45, 7) is 2.14. The predicted molar refractivity (Wildman–Crippen MR) is 358 cm³/mol. The molecular weight excluding hydrogens is 1000 g/mol. The van der Waals surface area contributed by atoms with Gasteiger partial charge in [0.1, 0.15) is 29.1 Å². The first-order valence-electron chi connectivity index (χ1n) is 30.1. The molecular formula is C80H60B4. The molecule has 7 aliphatic rings. The lowest BCUT2D eigenvalue weighted by atomic mass is 9.50. The van der Waals surface area contributed by atoms with Crippen molar-refractivity contribution in [2.75, 3.05) is 0 Å². The fraction of sp³-hybridized carbons (Fsp3) is 0.100. The number of benzene rings is 11. The molecule has 0 bridgehead atoms. The van der Waals surface area contributed by atoms with Crippen LogP contribution in [0.2, 0.25) is 12.6 Å². The standard InChI is InChI=1S/C26H18B.C22H16B.C18H14B.C14H12B/c1-5-13-21-17(9-1)18-10-2-6-14-22(18)25(21)27-26-23-15-7-3-11-19(23)20-12-4-8-16-24(20)26;1-2-8-16-15(7-1)13-14-21(16)23-22-19-11-5-3-9-17(19)18-10-4-6-12-20(18)22;1-2-8-13(7-1)19-18-16-11-5-3-9-14(16)15-10-4-6-12-17(15)18;1-15-14-12-8-4-2-6-10(12)11-7-3-5-9-13(11)14/h1-16,25-26H;1-14,21-22H;1-13,18H;2-9,14H,1H3. The van der Waals surface area contributed by atoms with Crippen LogP contribution in [0.1, 0.15) is 102 Å². The van der Waals surface area contributed by atoms with E-state index in [4.69, 9.17) is 0 Å². The Balaban J connectivity index is 0.0000000973. The molecule has 0 saturated carbocycles. The van der Waals surface area contributed by atoms with Gasteiger partial charge in [-0.3, -0.25) is 0 Å². The van der Waals surface area contributed by atoms with Gasteiger partial charge in [0.15, 0.2) is 0 Å². The maximum absolute atomic E-state index is 2.56. The van der Waals surface area contributed by atoms with Gasteiger partial charge in [-0.2, -0.15) is 0 Å². The Morgan fingerprint density at radius 2 is 0.464 bits per heavy atom. The summed E-state index contributed by atoms with van der Waals surface area (Å²) in [5, 5.41) is 0.